The Labute approximate surface area is 356 Å². The third-order valence-electron chi connectivity index (χ3n) is 11.5. The quantitative estimate of drug-likeness (QED) is 0.0823. The van der Waals surface area contributed by atoms with Gasteiger partial charge in [-0.2, -0.15) is 0 Å². The van der Waals surface area contributed by atoms with Crippen LogP contribution >= 0.6 is 11.6 Å². The van der Waals surface area contributed by atoms with Crippen molar-refractivity contribution in [3.63, 3.8) is 0 Å². The number of piperazine rings is 1. The highest BCUT2D eigenvalue weighted by atomic mass is 35.5. The smallest absolute Gasteiger partial charge is 0.293 e. The van der Waals surface area contributed by atoms with Crippen molar-refractivity contribution in [2.75, 3.05) is 56.2 Å². The summed E-state index contributed by atoms with van der Waals surface area (Å²) in [5, 5.41) is 19.9. The Balaban J connectivity index is 0.977. The number of hydrogen-bond acceptors (Lipinski definition) is 11. The van der Waals surface area contributed by atoms with Crippen molar-refractivity contribution in [2.45, 2.75) is 24.3 Å². The molecule has 0 spiro atoms. The van der Waals surface area contributed by atoms with Crippen molar-refractivity contribution in [1.29, 1.82) is 0 Å². The number of aromatic amines is 1. The predicted octanol–water partition coefficient (Wildman–Crippen LogP) is 7.41. The molecule has 1 amide bonds. The zero-order valence-corrected chi connectivity index (χ0v) is 34.5. The van der Waals surface area contributed by atoms with E-state index in [1.807, 2.05) is 54.6 Å². The lowest BCUT2D eigenvalue weighted by Gasteiger charge is -2.36. The molecule has 4 aromatic carbocycles. The average Bonchev–Trinajstić information content (AvgIpc) is 3.92. The number of fused-ring (bicyclic) bond motifs is 2. The van der Waals surface area contributed by atoms with E-state index in [4.69, 9.17) is 16.3 Å². The molecule has 2 saturated heterocycles. The molecule has 0 aliphatic carbocycles. The summed E-state index contributed by atoms with van der Waals surface area (Å²) in [6, 6.07) is 28.9. The molecule has 3 aromatic heterocycles. The van der Waals surface area contributed by atoms with Gasteiger partial charge in [0.1, 0.15) is 11.2 Å². The van der Waals surface area contributed by atoms with Crippen molar-refractivity contribution in [3.05, 3.63) is 136 Å². The summed E-state index contributed by atoms with van der Waals surface area (Å²) in [5.41, 5.74) is 6.39. The highest BCUT2D eigenvalue weighted by molar-refractivity contribution is 7.90. The van der Waals surface area contributed by atoms with Crippen molar-refractivity contribution in [1.82, 2.24) is 29.4 Å². The largest absolute Gasteiger partial charge is 0.381 e. The van der Waals surface area contributed by atoms with E-state index >= 15 is 0 Å². The summed E-state index contributed by atoms with van der Waals surface area (Å²) < 4.78 is 36.9. The Kier molecular flexibility index (Phi) is 11.2. The molecule has 2 aliphatic rings. The molecule has 0 saturated carbocycles. The molecule has 9 rings (SSSR count). The fraction of sp³-hybridized carbons (Fsp3) is 0.250. The van der Waals surface area contributed by atoms with Gasteiger partial charge >= 0.3 is 0 Å². The number of H-pyrrole nitrogens is 1. The zero-order valence-electron chi connectivity index (χ0n) is 33.0. The molecule has 5 heterocycles. The monoisotopic (exact) mass is 859 g/mol. The molecule has 61 heavy (non-hydrogen) atoms. The predicted molar refractivity (Wildman–Crippen MR) is 235 cm³/mol. The number of nitro benzene ring substituents is 1. The molecule has 17 heteroatoms. The summed E-state index contributed by atoms with van der Waals surface area (Å²) in [5.74, 6) is -0.636. The minimum Gasteiger partial charge on any atom is -0.381 e. The van der Waals surface area contributed by atoms with Gasteiger partial charge in [-0.1, -0.05) is 48.0 Å². The molecule has 0 atom stereocenters. The second-order valence-corrected chi connectivity index (χ2v) is 17.4. The lowest BCUT2D eigenvalue weighted by molar-refractivity contribution is -0.384. The van der Waals surface area contributed by atoms with E-state index in [-0.39, 0.29) is 17.2 Å². The number of nitrogens with zero attached hydrogens (tertiary/aromatic N) is 6. The first-order valence-electron chi connectivity index (χ1n) is 20.0. The Morgan fingerprint density at radius 3 is 2.52 bits per heavy atom. The van der Waals surface area contributed by atoms with Crippen LogP contribution in [-0.2, 0) is 21.3 Å². The van der Waals surface area contributed by atoms with Gasteiger partial charge in [0.2, 0.25) is 0 Å². The molecular weight excluding hydrogens is 818 g/mol. The first-order valence-corrected chi connectivity index (χ1v) is 21.9. The molecule has 7 aromatic rings. The fourth-order valence-electron chi connectivity index (χ4n) is 8.10. The second kappa shape index (κ2) is 17.0. The number of rotatable bonds is 12. The second-order valence-electron chi connectivity index (χ2n) is 15.3. The number of pyridine rings is 1. The molecular formula is C44H42ClN9O6S. The lowest BCUT2D eigenvalue weighted by atomic mass is 9.99. The van der Waals surface area contributed by atoms with Crippen LogP contribution in [0, 0.1) is 16.0 Å². The molecule has 0 radical (unpaired) electrons. The molecule has 0 unspecified atom stereocenters. The van der Waals surface area contributed by atoms with Crippen LogP contribution in [-0.4, -0.2) is 89.8 Å². The number of amides is 1. The molecule has 0 bridgehead atoms. The van der Waals surface area contributed by atoms with Gasteiger partial charge in [0, 0.05) is 87.0 Å². The minimum atomic E-state index is -4.56. The molecule has 312 valence electrons. The summed E-state index contributed by atoms with van der Waals surface area (Å²) in [7, 11) is -4.56. The number of ether oxygens (including phenoxy) is 1. The van der Waals surface area contributed by atoms with Gasteiger partial charge in [0.25, 0.3) is 21.6 Å². The van der Waals surface area contributed by atoms with Gasteiger partial charge in [-0.15, -0.1) is 0 Å². The van der Waals surface area contributed by atoms with Crippen molar-refractivity contribution >= 4 is 66.7 Å². The van der Waals surface area contributed by atoms with E-state index in [1.54, 1.807) is 23.1 Å². The first-order chi connectivity index (χ1) is 29.6. The van der Waals surface area contributed by atoms with E-state index in [0.29, 0.717) is 60.2 Å². The van der Waals surface area contributed by atoms with Crippen molar-refractivity contribution in [3.8, 4) is 16.8 Å². The Bertz CT molecular complexity index is 2870. The summed E-state index contributed by atoms with van der Waals surface area (Å²) in [6.45, 7) is 5.48. The average molecular weight is 860 g/mol. The standard InChI is InChI=1S/C44H42ClN9O6S/c45-33-7-5-30(6-8-33)36-4-2-1-3-32(36)28-51-17-19-52(20-18-51)34-9-11-37(40(24-34)53-41-23-31-13-16-46-43(31)49-39(41)27-48-53)44(55)50-61(58,59)35-10-12-38(42(25-35)54(56)57)47-26-29-14-21-60-22-15-29/h1-13,16,23-25,27,29,47-48H,14-15,17-22,26,28H2,(H,50,55). The number of nitrogens with one attached hydrogen (secondary N) is 3. The van der Waals surface area contributed by atoms with E-state index in [1.165, 1.54) is 17.7 Å². The molecule has 2 fully saturated rings. The Morgan fingerprint density at radius 1 is 0.951 bits per heavy atom. The van der Waals surface area contributed by atoms with Crippen LogP contribution in [0.2, 0.25) is 5.02 Å². The number of carbonyl (C=O) groups excluding carboxylic acids is 1. The van der Waals surface area contributed by atoms with Gasteiger partial charge in [0.15, 0.2) is 5.65 Å². The van der Waals surface area contributed by atoms with Gasteiger partial charge < -0.3 is 15.0 Å². The minimum absolute atomic E-state index is 0.0588. The van der Waals surface area contributed by atoms with E-state index in [9.17, 15) is 23.3 Å². The van der Waals surface area contributed by atoms with Crippen molar-refractivity contribution in [2.24, 2.45) is 5.92 Å². The summed E-state index contributed by atoms with van der Waals surface area (Å²) in [6.07, 6.45) is 5.02. The van der Waals surface area contributed by atoms with Crippen molar-refractivity contribution < 1.29 is 22.9 Å². The van der Waals surface area contributed by atoms with E-state index < -0.39 is 31.4 Å². The highest BCUT2D eigenvalue weighted by Gasteiger charge is 2.28. The maximum absolute atomic E-state index is 14.1. The topological polar surface area (TPSA) is 181 Å². The fourth-order valence-corrected chi connectivity index (χ4v) is 9.22. The number of hydrogen-bond donors (Lipinski definition) is 3. The third kappa shape index (κ3) is 8.52. The van der Waals surface area contributed by atoms with Crippen LogP contribution in [0.4, 0.5) is 17.1 Å². The zero-order chi connectivity index (χ0) is 42.1. The number of benzene rings is 4. The van der Waals surface area contributed by atoms with Crippen LogP contribution < -0.4 is 14.9 Å². The third-order valence-corrected chi connectivity index (χ3v) is 13.0. The first kappa shape index (κ1) is 40.1. The van der Waals surface area contributed by atoms with Gasteiger partial charge in [-0.05, 0) is 90.0 Å². The summed E-state index contributed by atoms with van der Waals surface area (Å²) >= 11 is 6.17. The SMILES string of the molecule is O=C(NS(=O)(=O)c1ccc(NCC2CCOCC2)c([N+](=O)[O-])c1)c1ccc(N2CCN(Cc3ccccc3-c3ccc(Cl)cc3)CC2)cc1-n1[nH]cc2nc3nccc3cc21. The summed E-state index contributed by atoms with van der Waals surface area (Å²) in [4.78, 5) is 38.9. The number of aromatic nitrogens is 4. The van der Waals surface area contributed by atoms with Crippen LogP contribution in [0.25, 0.3) is 38.9 Å². The Hall–Kier alpha value is -6.33. The maximum Gasteiger partial charge on any atom is 0.293 e. The number of nitro groups is 1. The van der Waals surface area contributed by atoms with E-state index in [0.717, 1.165) is 60.7 Å². The molecule has 3 N–H and O–H groups in total. The lowest BCUT2D eigenvalue weighted by Crippen LogP contribution is -2.46. The van der Waals surface area contributed by atoms with E-state index in [2.05, 4.69) is 53.1 Å². The van der Waals surface area contributed by atoms with Gasteiger partial charge in [-0.3, -0.25) is 29.6 Å². The molecule has 2 aliphatic heterocycles. The van der Waals surface area contributed by atoms with Gasteiger partial charge in [-0.25, -0.2) is 23.1 Å². The Morgan fingerprint density at radius 2 is 1.74 bits per heavy atom. The highest BCUT2D eigenvalue weighted by Crippen LogP contribution is 2.32. The van der Waals surface area contributed by atoms with Crippen LogP contribution in [0.15, 0.2) is 114 Å². The number of halogens is 1. The van der Waals surface area contributed by atoms with Crippen LogP contribution in [0.5, 0.6) is 0 Å². The number of anilines is 2. The van der Waals surface area contributed by atoms with Crippen LogP contribution in [0.1, 0.15) is 28.8 Å². The van der Waals surface area contributed by atoms with Crippen LogP contribution in [0.3, 0.4) is 0 Å². The van der Waals surface area contributed by atoms with Gasteiger partial charge in [0.05, 0.1) is 26.6 Å². The number of sulfonamides is 1. The maximum atomic E-state index is 14.1. The molecule has 15 nitrogen and oxygen atoms in total. The normalized spacial score (nSPS) is 15.3. The number of carbonyl (C=O) groups is 1.